The van der Waals surface area contributed by atoms with Gasteiger partial charge in [-0.1, -0.05) is 23.7 Å². The highest BCUT2D eigenvalue weighted by Crippen LogP contribution is 2.31. The number of carbonyl (C=O) groups is 3. The van der Waals surface area contributed by atoms with Crippen molar-refractivity contribution in [2.24, 2.45) is 0 Å². The van der Waals surface area contributed by atoms with Gasteiger partial charge in [0.25, 0.3) is 5.91 Å². The first-order chi connectivity index (χ1) is 13.9. The monoisotopic (exact) mass is 432 g/mol. The first kappa shape index (κ1) is 21.2. The van der Waals surface area contributed by atoms with Crippen LogP contribution in [0.5, 0.6) is 0 Å². The minimum atomic E-state index is -0.440. The van der Waals surface area contributed by atoms with Gasteiger partial charge in [0.15, 0.2) is 6.61 Å². The van der Waals surface area contributed by atoms with Crippen LogP contribution < -0.4 is 10.2 Å². The van der Waals surface area contributed by atoms with Crippen molar-refractivity contribution in [3.63, 3.8) is 0 Å². The number of carbonyl (C=O) groups excluding carboxylic acids is 3. The molecule has 2 amide bonds. The number of amides is 2. The highest BCUT2D eigenvalue weighted by molar-refractivity contribution is 7.99. The Morgan fingerprint density at radius 1 is 1.21 bits per heavy atom. The molecule has 29 heavy (non-hydrogen) atoms. The molecule has 1 N–H and O–H groups in total. The number of nitrogens with one attached hydrogen (secondary N) is 1. The van der Waals surface area contributed by atoms with Gasteiger partial charge in [0.2, 0.25) is 5.91 Å². The highest BCUT2D eigenvalue weighted by Gasteiger charge is 2.29. The van der Waals surface area contributed by atoms with E-state index in [0.29, 0.717) is 22.2 Å². The minimum absolute atomic E-state index is 0.156. The van der Waals surface area contributed by atoms with E-state index >= 15 is 0 Å². The van der Waals surface area contributed by atoms with Gasteiger partial charge >= 0.3 is 5.97 Å². The van der Waals surface area contributed by atoms with E-state index in [-0.39, 0.29) is 37.3 Å². The predicted molar refractivity (Wildman–Crippen MR) is 114 cm³/mol. The summed E-state index contributed by atoms with van der Waals surface area (Å²) < 4.78 is 5.18. The highest BCUT2D eigenvalue weighted by atomic mass is 35.5. The molecule has 0 spiro atoms. The quantitative estimate of drug-likeness (QED) is 0.548. The van der Waals surface area contributed by atoms with Gasteiger partial charge < -0.3 is 15.0 Å². The zero-order chi connectivity index (χ0) is 20.8. The summed E-state index contributed by atoms with van der Waals surface area (Å²) in [5, 5.41) is 3.46. The van der Waals surface area contributed by atoms with Crippen LogP contribution in [0.25, 0.3) is 0 Å². The molecule has 1 aliphatic heterocycles. The van der Waals surface area contributed by atoms with Crippen LogP contribution in [0.2, 0.25) is 5.02 Å². The molecule has 2 aromatic rings. The SMILES string of the molecule is CC1CC(=O)Nc2ccccc2N1C(=O)COC(=O)CCSc1ccc(Cl)cc1. The van der Waals surface area contributed by atoms with Crippen LogP contribution in [0.4, 0.5) is 11.4 Å². The molecule has 0 bridgehead atoms. The van der Waals surface area contributed by atoms with Crippen molar-refractivity contribution in [2.45, 2.75) is 30.7 Å². The fourth-order valence-corrected chi connectivity index (χ4v) is 3.99. The van der Waals surface area contributed by atoms with E-state index in [1.165, 1.54) is 16.7 Å². The standard InChI is InChI=1S/C21H21ClN2O4S/c1-14-12-19(25)23-17-4-2-3-5-18(17)24(14)20(26)13-28-21(27)10-11-29-16-8-6-15(22)7-9-16/h2-9,14H,10-13H2,1H3,(H,23,25). The Labute approximate surface area is 178 Å². The second-order valence-electron chi connectivity index (χ2n) is 6.60. The number of thioether (sulfide) groups is 1. The molecule has 0 radical (unpaired) electrons. The Morgan fingerprint density at radius 3 is 2.69 bits per heavy atom. The van der Waals surface area contributed by atoms with Gasteiger partial charge in [-0.2, -0.15) is 0 Å². The summed E-state index contributed by atoms with van der Waals surface area (Å²) in [7, 11) is 0. The first-order valence-electron chi connectivity index (χ1n) is 9.19. The number of anilines is 2. The molecule has 3 rings (SSSR count). The number of benzene rings is 2. The van der Waals surface area contributed by atoms with Crippen LogP contribution in [-0.4, -0.2) is 36.2 Å². The number of halogens is 1. The molecule has 1 unspecified atom stereocenters. The first-order valence-corrected chi connectivity index (χ1v) is 10.6. The summed E-state index contributed by atoms with van der Waals surface area (Å²) in [6.45, 7) is 1.43. The van der Waals surface area contributed by atoms with E-state index in [9.17, 15) is 14.4 Å². The Kier molecular flexibility index (Phi) is 7.17. The van der Waals surface area contributed by atoms with E-state index in [1.54, 1.807) is 43.3 Å². The van der Waals surface area contributed by atoms with Crippen LogP contribution in [0.3, 0.4) is 0 Å². The second kappa shape index (κ2) is 9.80. The van der Waals surface area contributed by atoms with Gasteiger partial charge in [-0.15, -0.1) is 11.8 Å². The van der Waals surface area contributed by atoms with Gasteiger partial charge in [-0.3, -0.25) is 14.4 Å². The van der Waals surface area contributed by atoms with Crippen LogP contribution in [-0.2, 0) is 19.1 Å². The molecule has 6 nitrogen and oxygen atoms in total. The summed E-state index contributed by atoms with van der Waals surface area (Å²) in [5.41, 5.74) is 1.17. The van der Waals surface area contributed by atoms with Gasteiger partial charge in [-0.25, -0.2) is 0 Å². The molecule has 0 aromatic heterocycles. The Morgan fingerprint density at radius 2 is 1.93 bits per heavy atom. The third-order valence-electron chi connectivity index (χ3n) is 4.37. The molecular weight excluding hydrogens is 412 g/mol. The molecular formula is C21H21ClN2O4S. The molecule has 2 aromatic carbocycles. The Balaban J connectivity index is 1.53. The topological polar surface area (TPSA) is 75.7 Å². The molecule has 1 heterocycles. The lowest BCUT2D eigenvalue weighted by Gasteiger charge is -2.27. The molecule has 0 saturated carbocycles. The van der Waals surface area contributed by atoms with E-state index in [0.717, 1.165) is 4.90 Å². The van der Waals surface area contributed by atoms with Crippen LogP contribution in [0, 0.1) is 0 Å². The number of hydrogen-bond acceptors (Lipinski definition) is 5. The van der Waals surface area contributed by atoms with Crippen LogP contribution in [0.15, 0.2) is 53.4 Å². The van der Waals surface area contributed by atoms with Crippen molar-refractivity contribution in [1.29, 1.82) is 0 Å². The van der Waals surface area contributed by atoms with Gasteiger partial charge in [0.1, 0.15) is 0 Å². The Hall–Kier alpha value is -2.51. The van der Waals surface area contributed by atoms with Crippen molar-refractivity contribution in [3.8, 4) is 0 Å². The van der Waals surface area contributed by atoms with Crippen molar-refractivity contribution in [1.82, 2.24) is 0 Å². The van der Waals surface area contributed by atoms with Crippen molar-refractivity contribution >= 4 is 52.5 Å². The third-order valence-corrected chi connectivity index (χ3v) is 5.64. The fraction of sp³-hybridized carbons (Fsp3) is 0.286. The van der Waals surface area contributed by atoms with Crippen molar-refractivity contribution in [2.75, 3.05) is 22.6 Å². The zero-order valence-electron chi connectivity index (χ0n) is 15.9. The summed E-state index contributed by atoms with van der Waals surface area (Å²) in [6.07, 6.45) is 0.360. The number of ether oxygens (including phenoxy) is 1. The molecule has 152 valence electrons. The normalized spacial score (nSPS) is 15.9. The number of para-hydroxylation sites is 2. The van der Waals surface area contributed by atoms with E-state index in [1.807, 2.05) is 12.1 Å². The van der Waals surface area contributed by atoms with Crippen molar-refractivity contribution < 1.29 is 19.1 Å². The molecule has 0 saturated heterocycles. The number of rotatable bonds is 6. The number of hydrogen-bond donors (Lipinski definition) is 1. The van der Waals surface area contributed by atoms with Gasteiger partial charge in [0, 0.05) is 28.1 Å². The number of esters is 1. The van der Waals surface area contributed by atoms with E-state index in [4.69, 9.17) is 16.3 Å². The third kappa shape index (κ3) is 5.74. The minimum Gasteiger partial charge on any atom is -0.456 e. The molecule has 1 atom stereocenters. The Bertz CT molecular complexity index is 904. The summed E-state index contributed by atoms with van der Waals surface area (Å²) in [5.74, 6) is -0.419. The lowest BCUT2D eigenvalue weighted by molar-refractivity contribution is -0.147. The van der Waals surface area contributed by atoms with E-state index in [2.05, 4.69) is 5.32 Å². The average Bonchev–Trinajstić information content (AvgIpc) is 2.82. The smallest absolute Gasteiger partial charge is 0.307 e. The second-order valence-corrected chi connectivity index (χ2v) is 8.20. The predicted octanol–water partition coefficient (Wildman–Crippen LogP) is 4.13. The summed E-state index contributed by atoms with van der Waals surface area (Å²) in [6, 6.07) is 14.1. The maximum absolute atomic E-state index is 12.8. The maximum Gasteiger partial charge on any atom is 0.307 e. The fourth-order valence-electron chi connectivity index (χ4n) is 3.03. The number of fused-ring (bicyclic) bond motifs is 1. The summed E-state index contributed by atoms with van der Waals surface area (Å²) >= 11 is 7.36. The molecule has 0 aliphatic carbocycles. The molecule has 8 heteroatoms. The van der Waals surface area contributed by atoms with Crippen LogP contribution >= 0.6 is 23.4 Å². The molecule has 1 aliphatic rings. The lowest BCUT2D eigenvalue weighted by atomic mass is 10.1. The van der Waals surface area contributed by atoms with E-state index < -0.39 is 5.97 Å². The lowest BCUT2D eigenvalue weighted by Crippen LogP contribution is -2.41. The largest absolute Gasteiger partial charge is 0.456 e. The maximum atomic E-state index is 12.8. The molecule has 0 fully saturated rings. The summed E-state index contributed by atoms with van der Waals surface area (Å²) in [4.78, 5) is 39.3. The average molecular weight is 433 g/mol. The van der Waals surface area contributed by atoms with Crippen LogP contribution in [0.1, 0.15) is 19.8 Å². The van der Waals surface area contributed by atoms with Crippen molar-refractivity contribution in [3.05, 3.63) is 53.6 Å². The zero-order valence-corrected chi connectivity index (χ0v) is 17.5. The van der Waals surface area contributed by atoms with Gasteiger partial charge in [-0.05, 0) is 43.3 Å². The van der Waals surface area contributed by atoms with Gasteiger partial charge in [0.05, 0.1) is 17.8 Å². The number of nitrogens with zero attached hydrogens (tertiary/aromatic N) is 1.